The Hall–Kier alpha value is -2.35. The van der Waals surface area contributed by atoms with Crippen molar-refractivity contribution in [3.63, 3.8) is 0 Å². The zero-order valence-electron chi connectivity index (χ0n) is 25.2. The van der Waals surface area contributed by atoms with Gasteiger partial charge in [0.1, 0.15) is 18.3 Å². The maximum absolute atomic E-state index is 12.3. The summed E-state index contributed by atoms with van der Waals surface area (Å²) in [4.78, 5) is 28.7. The van der Waals surface area contributed by atoms with E-state index in [0.717, 1.165) is 18.5 Å². The van der Waals surface area contributed by atoms with E-state index in [9.17, 15) is 9.59 Å². The summed E-state index contributed by atoms with van der Waals surface area (Å²) in [5.74, 6) is 0. The van der Waals surface area contributed by atoms with Crippen molar-refractivity contribution in [1.82, 2.24) is 15.6 Å². The number of carbonyl (C=O) groups excluding carboxylic acids is 2. The number of carbonyl (C=O) groups is 2. The highest BCUT2D eigenvalue weighted by Gasteiger charge is 2.41. The topological polar surface area (TPSA) is 98.8 Å². The SMILES string of the molecule is CCCCCCCCCCCCCCCCCCNC(=O)O[C@H]1CC[C@@H](OC(=O)NCc2ccccn2)[C@@H]1OC. The lowest BCUT2D eigenvalue weighted by Gasteiger charge is -2.23. The monoisotopic (exact) mass is 561 g/mol. The van der Waals surface area contributed by atoms with Crippen molar-refractivity contribution in [3.05, 3.63) is 30.1 Å². The number of hydrogen-bond donors (Lipinski definition) is 2. The molecule has 0 saturated heterocycles. The van der Waals surface area contributed by atoms with E-state index in [-0.39, 0.29) is 6.54 Å². The molecule has 40 heavy (non-hydrogen) atoms. The Balaban J connectivity index is 1.42. The van der Waals surface area contributed by atoms with Crippen LogP contribution in [-0.4, -0.2) is 49.1 Å². The molecule has 0 bridgehead atoms. The number of aromatic nitrogens is 1. The Kier molecular flexibility index (Phi) is 18.9. The van der Waals surface area contributed by atoms with Crippen LogP contribution >= 0.6 is 0 Å². The van der Waals surface area contributed by atoms with Gasteiger partial charge in [0, 0.05) is 19.9 Å². The van der Waals surface area contributed by atoms with E-state index in [1.165, 1.54) is 89.9 Å². The van der Waals surface area contributed by atoms with E-state index in [0.29, 0.717) is 19.4 Å². The van der Waals surface area contributed by atoms with E-state index in [1.807, 2.05) is 18.2 Å². The second kappa shape index (κ2) is 22.4. The maximum Gasteiger partial charge on any atom is 0.407 e. The number of ether oxygens (including phenoxy) is 3. The first-order chi connectivity index (χ1) is 19.6. The molecule has 1 saturated carbocycles. The van der Waals surface area contributed by atoms with Gasteiger partial charge in [-0.2, -0.15) is 0 Å². The molecular formula is C32H55N3O5. The number of amides is 2. The zero-order chi connectivity index (χ0) is 28.7. The van der Waals surface area contributed by atoms with Crippen LogP contribution in [0.2, 0.25) is 0 Å². The van der Waals surface area contributed by atoms with Crippen molar-refractivity contribution in [2.45, 2.75) is 147 Å². The Morgan fingerprint density at radius 1 is 0.750 bits per heavy atom. The van der Waals surface area contributed by atoms with Gasteiger partial charge in [0.15, 0.2) is 0 Å². The van der Waals surface area contributed by atoms with Gasteiger partial charge in [0.2, 0.25) is 0 Å². The molecule has 0 radical (unpaired) electrons. The summed E-state index contributed by atoms with van der Waals surface area (Å²) in [5.41, 5.74) is 0.747. The summed E-state index contributed by atoms with van der Waals surface area (Å²) in [7, 11) is 1.54. The fourth-order valence-corrected chi connectivity index (χ4v) is 5.34. The third kappa shape index (κ3) is 15.4. The first-order valence-electron chi connectivity index (χ1n) is 16.0. The van der Waals surface area contributed by atoms with Gasteiger partial charge >= 0.3 is 12.2 Å². The quantitative estimate of drug-likeness (QED) is 0.140. The summed E-state index contributed by atoms with van der Waals surface area (Å²) in [6, 6.07) is 5.51. The van der Waals surface area contributed by atoms with Crippen LogP contribution in [0, 0.1) is 0 Å². The van der Waals surface area contributed by atoms with Crippen LogP contribution < -0.4 is 10.6 Å². The predicted octanol–water partition coefficient (Wildman–Crippen LogP) is 7.84. The molecule has 0 aromatic carbocycles. The molecule has 2 rings (SSSR count). The normalized spacial score (nSPS) is 18.4. The highest BCUT2D eigenvalue weighted by atomic mass is 16.6. The highest BCUT2D eigenvalue weighted by molar-refractivity contribution is 5.68. The average Bonchev–Trinajstić information content (AvgIpc) is 3.34. The Morgan fingerprint density at radius 3 is 1.73 bits per heavy atom. The average molecular weight is 562 g/mol. The molecule has 1 aliphatic carbocycles. The first-order valence-corrected chi connectivity index (χ1v) is 16.0. The minimum atomic E-state index is -0.536. The van der Waals surface area contributed by atoms with Crippen LogP contribution in [0.5, 0.6) is 0 Å². The summed E-state index contributed by atoms with van der Waals surface area (Å²) in [5, 5.41) is 5.56. The second-order valence-electron chi connectivity index (χ2n) is 11.1. The van der Waals surface area contributed by atoms with Gasteiger partial charge in [-0.15, -0.1) is 0 Å². The van der Waals surface area contributed by atoms with Crippen molar-refractivity contribution < 1.29 is 23.8 Å². The lowest BCUT2D eigenvalue weighted by Crippen LogP contribution is -2.40. The minimum absolute atomic E-state index is 0.283. The van der Waals surface area contributed by atoms with E-state index < -0.39 is 30.5 Å². The highest BCUT2D eigenvalue weighted by Crippen LogP contribution is 2.28. The van der Waals surface area contributed by atoms with Crippen molar-refractivity contribution in [2.75, 3.05) is 13.7 Å². The molecular weight excluding hydrogens is 506 g/mol. The van der Waals surface area contributed by atoms with Crippen LogP contribution in [0.1, 0.15) is 128 Å². The molecule has 1 fully saturated rings. The van der Waals surface area contributed by atoms with Gasteiger partial charge in [-0.25, -0.2) is 9.59 Å². The number of unbranched alkanes of at least 4 members (excludes halogenated alkanes) is 15. The molecule has 228 valence electrons. The third-order valence-corrected chi connectivity index (χ3v) is 7.70. The molecule has 8 nitrogen and oxygen atoms in total. The minimum Gasteiger partial charge on any atom is -0.443 e. The smallest absolute Gasteiger partial charge is 0.407 e. The molecule has 2 N–H and O–H groups in total. The summed E-state index contributed by atoms with van der Waals surface area (Å²) >= 11 is 0. The Labute approximate surface area is 242 Å². The van der Waals surface area contributed by atoms with Crippen LogP contribution in [0.25, 0.3) is 0 Å². The number of methoxy groups -OCH3 is 1. The molecule has 0 aliphatic heterocycles. The van der Waals surface area contributed by atoms with Crippen molar-refractivity contribution in [2.24, 2.45) is 0 Å². The zero-order valence-corrected chi connectivity index (χ0v) is 25.2. The Bertz CT molecular complexity index is 779. The fraction of sp³-hybridized carbons (Fsp3) is 0.781. The lowest BCUT2D eigenvalue weighted by atomic mass is 10.0. The molecule has 0 unspecified atom stereocenters. The van der Waals surface area contributed by atoms with E-state index >= 15 is 0 Å². The number of nitrogens with one attached hydrogen (secondary N) is 2. The van der Waals surface area contributed by atoms with Gasteiger partial charge < -0.3 is 24.8 Å². The van der Waals surface area contributed by atoms with Gasteiger partial charge in [-0.1, -0.05) is 109 Å². The number of pyridine rings is 1. The predicted molar refractivity (Wildman–Crippen MR) is 159 cm³/mol. The third-order valence-electron chi connectivity index (χ3n) is 7.70. The molecule has 2 amide bonds. The summed E-state index contributed by atoms with van der Waals surface area (Å²) in [6.45, 7) is 3.17. The van der Waals surface area contributed by atoms with Crippen molar-refractivity contribution in [3.8, 4) is 0 Å². The first kappa shape index (κ1) is 33.9. The standard InChI is InChI=1S/C32H55N3O5/c1-3-4-5-6-7-8-9-10-11-12-13-14-15-16-17-19-25-34-31(36)39-28-22-23-29(30(28)38-2)40-32(37)35-26-27-21-18-20-24-33-27/h18,20-21,24,28-30H,3-17,19,22-23,25-26H2,1-2H3,(H,34,36)(H,35,37)/t28-,29+,30+/m0/s1. The molecule has 8 heteroatoms. The van der Waals surface area contributed by atoms with Crippen LogP contribution in [0.3, 0.4) is 0 Å². The molecule has 0 spiro atoms. The number of alkyl carbamates (subject to hydrolysis) is 2. The lowest BCUT2D eigenvalue weighted by molar-refractivity contribution is -0.0546. The van der Waals surface area contributed by atoms with Gasteiger partial charge in [0.05, 0.1) is 12.2 Å². The molecule has 1 heterocycles. The van der Waals surface area contributed by atoms with Crippen LogP contribution in [0.4, 0.5) is 9.59 Å². The molecule has 1 aromatic rings. The Morgan fingerprint density at radius 2 is 1.25 bits per heavy atom. The fourth-order valence-electron chi connectivity index (χ4n) is 5.34. The van der Waals surface area contributed by atoms with Crippen LogP contribution in [0.15, 0.2) is 24.4 Å². The van der Waals surface area contributed by atoms with Gasteiger partial charge in [-0.05, 0) is 31.4 Å². The number of hydrogen-bond acceptors (Lipinski definition) is 6. The van der Waals surface area contributed by atoms with E-state index in [1.54, 1.807) is 13.3 Å². The number of rotatable bonds is 22. The van der Waals surface area contributed by atoms with Crippen LogP contribution in [-0.2, 0) is 20.8 Å². The maximum atomic E-state index is 12.3. The number of nitrogens with zero attached hydrogens (tertiary/aromatic N) is 1. The van der Waals surface area contributed by atoms with Gasteiger partial charge in [-0.3, -0.25) is 4.98 Å². The largest absolute Gasteiger partial charge is 0.443 e. The second-order valence-corrected chi connectivity index (χ2v) is 11.1. The summed E-state index contributed by atoms with van der Waals surface area (Å²) in [6.07, 6.45) is 21.7. The molecule has 1 aromatic heterocycles. The van der Waals surface area contributed by atoms with E-state index in [4.69, 9.17) is 14.2 Å². The molecule has 3 atom stereocenters. The van der Waals surface area contributed by atoms with E-state index in [2.05, 4.69) is 22.5 Å². The molecule has 1 aliphatic rings. The van der Waals surface area contributed by atoms with Crippen molar-refractivity contribution in [1.29, 1.82) is 0 Å². The summed E-state index contributed by atoms with van der Waals surface area (Å²) < 4.78 is 16.6. The van der Waals surface area contributed by atoms with Gasteiger partial charge in [0.25, 0.3) is 0 Å². The van der Waals surface area contributed by atoms with Crippen molar-refractivity contribution >= 4 is 12.2 Å².